The third-order valence-electron chi connectivity index (χ3n) is 4.18. The normalized spacial score (nSPS) is 14.7. The van der Waals surface area contributed by atoms with Crippen molar-refractivity contribution in [2.24, 2.45) is 0 Å². The molecule has 1 saturated heterocycles. The van der Waals surface area contributed by atoms with Gasteiger partial charge in [-0.05, 0) is 24.3 Å². The molecule has 0 aliphatic carbocycles. The predicted molar refractivity (Wildman–Crippen MR) is 93.8 cm³/mol. The molecule has 2 heterocycles. The second-order valence-corrected chi connectivity index (χ2v) is 6.06. The molecule has 1 aromatic heterocycles. The molecule has 136 valence electrons. The van der Waals surface area contributed by atoms with Gasteiger partial charge in [-0.15, -0.1) is 0 Å². The Hall–Kier alpha value is -3.13. The number of anilines is 1. The number of furan rings is 1. The van der Waals surface area contributed by atoms with E-state index >= 15 is 0 Å². The first-order valence-corrected chi connectivity index (χ1v) is 8.44. The van der Waals surface area contributed by atoms with Crippen molar-refractivity contribution in [1.29, 1.82) is 0 Å². The summed E-state index contributed by atoms with van der Waals surface area (Å²) in [6, 6.07) is 11.7. The quantitative estimate of drug-likeness (QED) is 0.716. The Morgan fingerprint density at radius 3 is 2.42 bits per heavy atom. The van der Waals surface area contributed by atoms with Crippen LogP contribution >= 0.6 is 0 Å². The van der Waals surface area contributed by atoms with Gasteiger partial charge in [0.2, 0.25) is 0 Å². The highest BCUT2D eigenvalue weighted by molar-refractivity contribution is 6.01. The van der Waals surface area contributed by atoms with Crippen LogP contribution in [0.3, 0.4) is 0 Å². The zero-order chi connectivity index (χ0) is 18.4. The number of rotatable bonds is 4. The van der Waals surface area contributed by atoms with Crippen molar-refractivity contribution in [1.82, 2.24) is 10.2 Å². The van der Waals surface area contributed by atoms with Gasteiger partial charge in [0.1, 0.15) is 0 Å². The van der Waals surface area contributed by atoms with Gasteiger partial charge >= 0.3 is 6.03 Å². The number of piperazine rings is 1. The minimum Gasteiger partial charge on any atom is -0.459 e. The van der Waals surface area contributed by atoms with Crippen molar-refractivity contribution in [2.45, 2.75) is 0 Å². The summed E-state index contributed by atoms with van der Waals surface area (Å²) >= 11 is 0. The third kappa shape index (κ3) is 4.70. The van der Waals surface area contributed by atoms with Crippen LogP contribution in [0.15, 0.2) is 53.1 Å². The van der Waals surface area contributed by atoms with Crippen molar-refractivity contribution in [2.75, 3.05) is 38.0 Å². The Morgan fingerprint density at radius 1 is 1.04 bits per heavy atom. The number of imide groups is 1. The zero-order valence-electron chi connectivity index (χ0n) is 14.2. The van der Waals surface area contributed by atoms with Gasteiger partial charge in [-0.2, -0.15) is 0 Å². The summed E-state index contributed by atoms with van der Waals surface area (Å²) in [6.45, 7) is 2.54. The number of urea groups is 1. The van der Waals surface area contributed by atoms with Gasteiger partial charge in [-0.25, -0.2) is 4.79 Å². The van der Waals surface area contributed by atoms with Crippen LogP contribution in [0, 0.1) is 0 Å². The standard InChI is InChI=1S/C18H20N4O4/c23-16(20-18(25)19-14-5-2-1-3-6-14)13-21-8-10-22(11-9-21)17(24)15-7-4-12-26-15/h1-7,12H,8-11,13H2,(H2,19,20,23,25)/p+1. The molecule has 0 atom stereocenters. The summed E-state index contributed by atoms with van der Waals surface area (Å²) in [7, 11) is 0. The molecule has 0 bridgehead atoms. The van der Waals surface area contributed by atoms with Gasteiger partial charge in [0.25, 0.3) is 11.8 Å². The molecule has 1 aromatic carbocycles. The van der Waals surface area contributed by atoms with E-state index in [9.17, 15) is 14.4 Å². The molecule has 1 fully saturated rings. The van der Waals surface area contributed by atoms with Crippen molar-refractivity contribution in [3.05, 3.63) is 54.5 Å². The molecule has 8 heteroatoms. The maximum atomic E-state index is 12.2. The van der Waals surface area contributed by atoms with Gasteiger partial charge in [-0.3, -0.25) is 14.9 Å². The van der Waals surface area contributed by atoms with Crippen molar-refractivity contribution in [3.63, 3.8) is 0 Å². The first-order chi connectivity index (χ1) is 12.6. The molecule has 0 unspecified atom stereocenters. The molecule has 3 N–H and O–H groups in total. The lowest BCUT2D eigenvalue weighted by molar-refractivity contribution is -0.895. The Labute approximate surface area is 150 Å². The number of benzene rings is 1. The van der Waals surface area contributed by atoms with Crippen molar-refractivity contribution >= 4 is 23.5 Å². The van der Waals surface area contributed by atoms with E-state index in [-0.39, 0.29) is 18.4 Å². The van der Waals surface area contributed by atoms with Gasteiger partial charge < -0.3 is 19.5 Å². The van der Waals surface area contributed by atoms with Crippen LogP contribution in [0.25, 0.3) is 0 Å². The summed E-state index contributed by atoms with van der Waals surface area (Å²) in [5.74, 6) is -0.163. The minimum absolute atomic E-state index is 0.138. The molecule has 1 aliphatic heterocycles. The molecular formula is C18H21N4O4+. The average Bonchev–Trinajstić information content (AvgIpc) is 3.17. The van der Waals surface area contributed by atoms with Crippen LogP contribution in [-0.4, -0.2) is 55.5 Å². The lowest BCUT2D eigenvalue weighted by Gasteiger charge is -2.31. The maximum absolute atomic E-state index is 12.2. The van der Waals surface area contributed by atoms with E-state index in [1.165, 1.54) is 6.26 Å². The van der Waals surface area contributed by atoms with Crippen LogP contribution in [-0.2, 0) is 4.79 Å². The molecule has 2 aromatic rings. The minimum atomic E-state index is -0.549. The summed E-state index contributed by atoms with van der Waals surface area (Å²) in [5, 5.41) is 4.93. The van der Waals surface area contributed by atoms with Crippen LogP contribution in [0.1, 0.15) is 10.6 Å². The van der Waals surface area contributed by atoms with Crippen LogP contribution < -0.4 is 15.5 Å². The van der Waals surface area contributed by atoms with E-state index in [0.717, 1.165) is 4.90 Å². The summed E-state index contributed by atoms with van der Waals surface area (Å²) in [6.07, 6.45) is 1.47. The highest BCUT2D eigenvalue weighted by Gasteiger charge is 2.27. The van der Waals surface area contributed by atoms with E-state index in [1.807, 2.05) is 6.07 Å². The lowest BCUT2D eigenvalue weighted by atomic mass is 10.3. The van der Waals surface area contributed by atoms with E-state index in [4.69, 9.17) is 4.42 Å². The fourth-order valence-electron chi connectivity index (χ4n) is 2.84. The maximum Gasteiger partial charge on any atom is 0.326 e. The number of quaternary nitrogens is 1. The highest BCUT2D eigenvalue weighted by Crippen LogP contribution is 2.06. The van der Waals surface area contributed by atoms with Crippen molar-refractivity contribution < 1.29 is 23.7 Å². The SMILES string of the molecule is O=C(C[NH+]1CCN(C(=O)c2ccco2)CC1)NC(=O)Nc1ccccc1. The molecule has 1 aliphatic rings. The lowest BCUT2D eigenvalue weighted by Crippen LogP contribution is -3.15. The van der Waals surface area contributed by atoms with Crippen molar-refractivity contribution in [3.8, 4) is 0 Å². The number of nitrogens with one attached hydrogen (secondary N) is 3. The molecule has 8 nitrogen and oxygen atoms in total. The number of nitrogens with zero attached hydrogens (tertiary/aromatic N) is 1. The monoisotopic (exact) mass is 357 g/mol. The Balaban J connectivity index is 1.40. The summed E-state index contributed by atoms with van der Waals surface area (Å²) in [4.78, 5) is 38.8. The number of carbonyl (C=O) groups excluding carboxylic acids is 3. The van der Waals surface area contributed by atoms with Gasteiger partial charge in [-0.1, -0.05) is 18.2 Å². The molecule has 0 spiro atoms. The molecule has 0 radical (unpaired) electrons. The van der Waals surface area contributed by atoms with Crippen LogP contribution in [0.4, 0.5) is 10.5 Å². The van der Waals surface area contributed by atoms with Gasteiger partial charge in [0, 0.05) is 5.69 Å². The van der Waals surface area contributed by atoms with E-state index in [1.54, 1.807) is 41.3 Å². The number of carbonyl (C=O) groups is 3. The zero-order valence-corrected chi connectivity index (χ0v) is 14.2. The highest BCUT2D eigenvalue weighted by atomic mass is 16.3. The molecule has 4 amide bonds. The Kier molecular flexibility index (Phi) is 5.65. The topological polar surface area (TPSA) is 96.1 Å². The largest absolute Gasteiger partial charge is 0.459 e. The predicted octanol–water partition coefficient (Wildman–Crippen LogP) is -0.0314. The van der Waals surface area contributed by atoms with Crippen LogP contribution in [0.2, 0.25) is 0 Å². The molecule has 0 saturated carbocycles. The summed E-state index contributed by atoms with van der Waals surface area (Å²) < 4.78 is 5.13. The van der Waals surface area contributed by atoms with E-state index in [2.05, 4.69) is 10.6 Å². The average molecular weight is 357 g/mol. The number of hydrogen-bond acceptors (Lipinski definition) is 4. The smallest absolute Gasteiger partial charge is 0.326 e. The van der Waals surface area contributed by atoms with E-state index in [0.29, 0.717) is 37.6 Å². The third-order valence-corrected chi connectivity index (χ3v) is 4.18. The summed E-state index contributed by atoms with van der Waals surface area (Å²) in [5.41, 5.74) is 0.621. The molecular weight excluding hydrogens is 336 g/mol. The fraction of sp³-hybridized carbons (Fsp3) is 0.278. The number of para-hydroxylation sites is 1. The second kappa shape index (κ2) is 8.30. The number of hydrogen-bond donors (Lipinski definition) is 3. The Bertz CT molecular complexity index is 753. The Morgan fingerprint density at radius 2 is 1.77 bits per heavy atom. The van der Waals surface area contributed by atoms with Gasteiger partial charge in [0.05, 0.1) is 32.4 Å². The van der Waals surface area contributed by atoms with E-state index < -0.39 is 6.03 Å². The fourth-order valence-corrected chi connectivity index (χ4v) is 2.84. The van der Waals surface area contributed by atoms with Crippen LogP contribution in [0.5, 0.6) is 0 Å². The molecule has 26 heavy (non-hydrogen) atoms. The second-order valence-electron chi connectivity index (χ2n) is 6.06. The first kappa shape index (κ1) is 17.7. The van der Waals surface area contributed by atoms with Gasteiger partial charge in [0.15, 0.2) is 12.3 Å². The number of amides is 4. The first-order valence-electron chi connectivity index (χ1n) is 8.44. The molecule has 3 rings (SSSR count).